The van der Waals surface area contributed by atoms with Crippen LogP contribution in [0.25, 0.3) is 5.57 Å². The zero-order valence-corrected chi connectivity index (χ0v) is 8.80. The first-order chi connectivity index (χ1) is 7.79. The molecule has 3 nitrogen and oxygen atoms in total. The maximum absolute atomic E-state index is 8.70. The summed E-state index contributed by atoms with van der Waals surface area (Å²) < 4.78 is 1.99. The molecule has 0 aliphatic carbocycles. The van der Waals surface area contributed by atoms with Gasteiger partial charge in [0, 0.05) is 18.9 Å². The average Bonchev–Trinajstić information content (AvgIpc) is 2.82. The second kappa shape index (κ2) is 4.45. The Hall–Kier alpha value is -2.34. The van der Waals surface area contributed by atoms with E-state index in [0.29, 0.717) is 5.57 Å². The lowest BCUT2D eigenvalue weighted by atomic mass is 10.1. The molecule has 0 unspecified atom stereocenters. The van der Waals surface area contributed by atoms with Crippen molar-refractivity contribution >= 4 is 5.57 Å². The number of imidazole rings is 1. The largest absolute Gasteiger partial charge is 0.333 e. The molecule has 1 aromatic carbocycles. The molecule has 0 bridgehead atoms. The van der Waals surface area contributed by atoms with E-state index in [9.17, 15) is 0 Å². The highest BCUT2D eigenvalue weighted by molar-refractivity contribution is 5.74. The lowest BCUT2D eigenvalue weighted by molar-refractivity contribution is 0.797. The van der Waals surface area contributed by atoms with Crippen LogP contribution in [-0.4, -0.2) is 9.55 Å². The van der Waals surface area contributed by atoms with Crippen molar-refractivity contribution in [2.45, 2.75) is 6.54 Å². The lowest BCUT2D eigenvalue weighted by Crippen LogP contribution is -1.96. The second-order valence-electron chi connectivity index (χ2n) is 3.52. The van der Waals surface area contributed by atoms with Gasteiger partial charge in [-0.25, -0.2) is 4.98 Å². The van der Waals surface area contributed by atoms with E-state index in [2.05, 4.69) is 11.6 Å². The fourth-order valence-corrected chi connectivity index (χ4v) is 1.47. The van der Waals surface area contributed by atoms with Gasteiger partial charge in [-0.2, -0.15) is 5.26 Å². The molecule has 78 valence electrons. The standard InChI is InChI=1S/C13H11N3/c1-11(8-14)13-4-2-12(3-5-13)9-16-7-6-15-10-16/h2-7,10H,1,9H2. The van der Waals surface area contributed by atoms with Crippen LogP contribution in [0.3, 0.4) is 0 Å². The molecule has 0 atom stereocenters. The summed E-state index contributed by atoms with van der Waals surface area (Å²) in [6.07, 6.45) is 5.45. The number of allylic oxidation sites excluding steroid dienone is 1. The minimum atomic E-state index is 0.495. The van der Waals surface area contributed by atoms with E-state index in [4.69, 9.17) is 5.26 Å². The molecule has 2 rings (SSSR count). The van der Waals surface area contributed by atoms with Gasteiger partial charge in [0.05, 0.1) is 18.0 Å². The molecule has 3 heteroatoms. The van der Waals surface area contributed by atoms with Gasteiger partial charge in [-0.1, -0.05) is 30.8 Å². The highest BCUT2D eigenvalue weighted by Crippen LogP contribution is 2.13. The fourth-order valence-electron chi connectivity index (χ4n) is 1.47. The van der Waals surface area contributed by atoms with Gasteiger partial charge in [-0.05, 0) is 11.1 Å². The molecule has 0 aliphatic heterocycles. The van der Waals surface area contributed by atoms with Crippen LogP contribution in [0, 0.1) is 11.3 Å². The maximum atomic E-state index is 8.70. The molecule has 0 spiro atoms. The molecule has 0 fully saturated rings. The summed E-state index contributed by atoms with van der Waals surface area (Å²) >= 11 is 0. The van der Waals surface area contributed by atoms with Gasteiger partial charge in [0.25, 0.3) is 0 Å². The van der Waals surface area contributed by atoms with E-state index in [1.54, 1.807) is 12.5 Å². The van der Waals surface area contributed by atoms with Crippen LogP contribution in [-0.2, 0) is 6.54 Å². The van der Waals surface area contributed by atoms with Crippen LogP contribution in [0.4, 0.5) is 0 Å². The molecule has 16 heavy (non-hydrogen) atoms. The molecule has 0 N–H and O–H groups in total. The number of benzene rings is 1. The smallest absolute Gasteiger partial charge is 0.0991 e. The molecule has 0 saturated heterocycles. The molecule has 0 amide bonds. The first-order valence-corrected chi connectivity index (χ1v) is 4.93. The third kappa shape index (κ3) is 2.18. The Labute approximate surface area is 94.3 Å². The fraction of sp³-hybridized carbons (Fsp3) is 0.0769. The van der Waals surface area contributed by atoms with Crippen molar-refractivity contribution in [1.82, 2.24) is 9.55 Å². The number of hydrogen-bond acceptors (Lipinski definition) is 2. The first-order valence-electron chi connectivity index (χ1n) is 4.93. The number of aromatic nitrogens is 2. The Bertz CT molecular complexity index is 515. The number of nitrogens with zero attached hydrogens (tertiary/aromatic N) is 3. The van der Waals surface area contributed by atoms with E-state index in [1.807, 2.05) is 41.1 Å². The van der Waals surface area contributed by atoms with Crippen LogP contribution >= 0.6 is 0 Å². The highest BCUT2D eigenvalue weighted by Gasteiger charge is 1.98. The van der Waals surface area contributed by atoms with E-state index < -0.39 is 0 Å². The van der Waals surface area contributed by atoms with E-state index in [-0.39, 0.29) is 0 Å². The Morgan fingerprint density at radius 1 is 1.38 bits per heavy atom. The first kappa shape index (κ1) is 10.2. The Balaban J connectivity index is 2.14. The molecular formula is C13H11N3. The topological polar surface area (TPSA) is 41.6 Å². The number of hydrogen-bond donors (Lipinski definition) is 0. The third-order valence-corrected chi connectivity index (χ3v) is 2.36. The minimum absolute atomic E-state index is 0.495. The molecule has 1 heterocycles. The van der Waals surface area contributed by atoms with Crippen molar-refractivity contribution in [3.63, 3.8) is 0 Å². The van der Waals surface area contributed by atoms with Gasteiger partial charge >= 0.3 is 0 Å². The van der Waals surface area contributed by atoms with Crippen molar-refractivity contribution in [3.8, 4) is 6.07 Å². The van der Waals surface area contributed by atoms with Gasteiger partial charge in [-0.15, -0.1) is 0 Å². The SMILES string of the molecule is C=C(C#N)c1ccc(Cn2ccnc2)cc1. The van der Waals surface area contributed by atoms with Crippen LogP contribution in [0.1, 0.15) is 11.1 Å². The summed E-state index contributed by atoms with van der Waals surface area (Å²) in [4.78, 5) is 3.98. The average molecular weight is 209 g/mol. The number of nitriles is 1. The molecule has 2 aromatic rings. The predicted molar refractivity (Wildman–Crippen MR) is 62.4 cm³/mol. The predicted octanol–water partition coefficient (Wildman–Crippen LogP) is 2.47. The van der Waals surface area contributed by atoms with Crippen molar-refractivity contribution < 1.29 is 0 Å². The minimum Gasteiger partial charge on any atom is -0.333 e. The summed E-state index contributed by atoms with van der Waals surface area (Å²) in [6.45, 7) is 4.46. The Morgan fingerprint density at radius 3 is 2.69 bits per heavy atom. The summed E-state index contributed by atoms with van der Waals surface area (Å²) in [5.74, 6) is 0. The molecular weight excluding hydrogens is 198 g/mol. The van der Waals surface area contributed by atoms with E-state index >= 15 is 0 Å². The Morgan fingerprint density at radius 2 is 2.12 bits per heavy atom. The van der Waals surface area contributed by atoms with Crippen LogP contribution in [0.15, 0.2) is 49.6 Å². The molecule has 0 saturated carbocycles. The van der Waals surface area contributed by atoms with Gasteiger partial charge < -0.3 is 4.57 Å². The molecule has 1 aromatic heterocycles. The van der Waals surface area contributed by atoms with Crippen LogP contribution in [0.5, 0.6) is 0 Å². The molecule has 0 radical (unpaired) electrons. The van der Waals surface area contributed by atoms with E-state index in [1.165, 1.54) is 5.56 Å². The van der Waals surface area contributed by atoms with Gasteiger partial charge in [0.2, 0.25) is 0 Å². The van der Waals surface area contributed by atoms with Crippen LogP contribution in [0.2, 0.25) is 0 Å². The van der Waals surface area contributed by atoms with Crippen molar-refractivity contribution in [3.05, 3.63) is 60.7 Å². The van der Waals surface area contributed by atoms with Gasteiger partial charge in [0.15, 0.2) is 0 Å². The van der Waals surface area contributed by atoms with Crippen LogP contribution < -0.4 is 0 Å². The van der Waals surface area contributed by atoms with Crippen molar-refractivity contribution in [2.24, 2.45) is 0 Å². The van der Waals surface area contributed by atoms with Gasteiger partial charge in [0.1, 0.15) is 0 Å². The summed E-state index contributed by atoms with van der Waals surface area (Å²) in [7, 11) is 0. The highest BCUT2D eigenvalue weighted by atomic mass is 15.0. The second-order valence-corrected chi connectivity index (χ2v) is 3.52. The summed E-state index contributed by atoms with van der Waals surface area (Å²) in [6, 6.07) is 9.86. The zero-order chi connectivity index (χ0) is 11.4. The normalized spacial score (nSPS) is 9.69. The molecule has 0 aliphatic rings. The summed E-state index contributed by atoms with van der Waals surface area (Å²) in [5.41, 5.74) is 2.54. The maximum Gasteiger partial charge on any atom is 0.0991 e. The lowest BCUT2D eigenvalue weighted by Gasteiger charge is -2.03. The van der Waals surface area contributed by atoms with Gasteiger partial charge in [-0.3, -0.25) is 0 Å². The van der Waals surface area contributed by atoms with Crippen molar-refractivity contribution in [2.75, 3.05) is 0 Å². The quantitative estimate of drug-likeness (QED) is 0.729. The summed E-state index contributed by atoms with van der Waals surface area (Å²) in [5, 5.41) is 8.70. The monoisotopic (exact) mass is 209 g/mol. The zero-order valence-electron chi connectivity index (χ0n) is 8.80. The number of rotatable bonds is 3. The Kier molecular flexibility index (Phi) is 2.84. The van der Waals surface area contributed by atoms with E-state index in [0.717, 1.165) is 12.1 Å². The van der Waals surface area contributed by atoms with Crippen molar-refractivity contribution in [1.29, 1.82) is 5.26 Å². The third-order valence-electron chi connectivity index (χ3n) is 2.36.